The Bertz CT molecular complexity index is 637. The number of halogens is 1. The van der Waals surface area contributed by atoms with Crippen molar-refractivity contribution in [2.75, 3.05) is 0 Å². The van der Waals surface area contributed by atoms with E-state index in [-0.39, 0.29) is 0 Å². The van der Waals surface area contributed by atoms with Gasteiger partial charge in [0.2, 0.25) is 0 Å². The highest BCUT2D eigenvalue weighted by molar-refractivity contribution is 7.71. The zero-order valence-electron chi connectivity index (χ0n) is 9.52. The second-order valence-electron chi connectivity index (χ2n) is 4.28. The lowest BCUT2D eigenvalue weighted by molar-refractivity contribution is 0.303. The van der Waals surface area contributed by atoms with Crippen LogP contribution in [0.5, 0.6) is 5.75 Å². The average molecular weight is 279 g/mol. The molecular formula is C13H11ClN2OS. The van der Waals surface area contributed by atoms with Crippen LogP contribution in [0.3, 0.4) is 0 Å². The minimum Gasteiger partial charge on any atom is -0.490 e. The summed E-state index contributed by atoms with van der Waals surface area (Å²) < 4.78 is 6.34. The number of aromatic amines is 1. The van der Waals surface area contributed by atoms with E-state index in [0.29, 0.717) is 15.9 Å². The lowest BCUT2D eigenvalue weighted by atomic mass is 10.1. The SMILES string of the molecule is S=c1[nH]nc(Cl)cc1-c1cccc(OC2CC2)c1. The molecular weight excluding hydrogens is 268 g/mol. The van der Waals surface area contributed by atoms with Crippen molar-refractivity contribution in [2.24, 2.45) is 0 Å². The normalized spacial score (nSPS) is 14.5. The minimum atomic E-state index is 0.385. The smallest absolute Gasteiger partial charge is 0.150 e. The highest BCUT2D eigenvalue weighted by atomic mass is 35.5. The lowest BCUT2D eigenvalue weighted by Crippen LogP contribution is -1.96. The van der Waals surface area contributed by atoms with E-state index in [4.69, 9.17) is 28.6 Å². The molecule has 0 atom stereocenters. The second-order valence-corrected chi connectivity index (χ2v) is 5.07. The van der Waals surface area contributed by atoms with E-state index in [9.17, 15) is 0 Å². The number of nitrogens with one attached hydrogen (secondary N) is 1. The summed E-state index contributed by atoms with van der Waals surface area (Å²) in [6, 6.07) is 9.63. The van der Waals surface area contributed by atoms with Crippen LogP contribution in [0.15, 0.2) is 30.3 Å². The summed E-state index contributed by atoms with van der Waals surface area (Å²) in [6.07, 6.45) is 2.67. The quantitative estimate of drug-likeness (QED) is 0.863. The monoisotopic (exact) mass is 278 g/mol. The topological polar surface area (TPSA) is 37.9 Å². The molecule has 0 bridgehead atoms. The van der Waals surface area contributed by atoms with Gasteiger partial charge in [-0.25, -0.2) is 0 Å². The Morgan fingerprint density at radius 1 is 1.33 bits per heavy atom. The fraction of sp³-hybridized carbons (Fsp3) is 0.231. The molecule has 1 fully saturated rings. The summed E-state index contributed by atoms with van der Waals surface area (Å²) >= 11 is 11.1. The Balaban J connectivity index is 1.99. The molecule has 0 amide bonds. The Morgan fingerprint density at radius 2 is 2.17 bits per heavy atom. The summed E-state index contributed by atoms with van der Waals surface area (Å²) in [6.45, 7) is 0. The van der Waals surface area contributed by atoms with E-state index in [1.54, 1.807) is 6.07 Å². The van der Waals surface area contributed by atoms with Crippen molar-refractivity contribution < 1.29 is 4.74 Å². The van der Waals surface area contributed by atoms with E-state index in [0.717, 1.165) is 29.7 Å². The fourth-order valence-electron chi connectivity index (χ4n) is 1.71. The van der Waals surface area contributed by atoms with Gasteiger partial charge < -0.3 is 4.74 Å². The van der Waals surface area contributed by atoms with Crippen molar-refractivity contribution in [1.29, 1.82) is 0 Å². The molecule has 1 aliphatic rings. The molecule has 1 N–H and O–H groups in total. The summed E-state index contributed by atoms with van der Waals surface area (Å²) in [5.74, 6) is 0.873. The van der Waals surface area contributed by atoms with Gasteiger partial charge in [-0.1, -0.05) is 36.0 Å². The molecule has 0 saturated heterocycles. The summed E-state index contributed by atoms with van der Waals surface area (Å²) in [4.78, 5) is 0. The zero-order chi connectivity index (χ0) is 12.5. The third-order valence-corrected chi connectivity index (χ3v) is 3.25. The average Bonchev–Trinajstić information content (AvgIpc) is 3.16. The van der Waals surface area contributed by atoms with E-state index in [1.807, 2.05) is 24.3 Å². The highest BCUT2D eigenvalue weighted by Gasteiger charge is 2.23. The molecule has 1 heterocycles. The molecule has 3 nitrogen and oxygen atoms in total. The van der Waals surface area contributed by atoms with Gasteiger partial charge in [-0.2, -0.15) is 5.10 Å². The van der Waals surface area contributed by atoms with Crippen molar-refractivity contribution in [2.45, 2.75) is 18.9 Å². The van der Waals surface area contributed by atoms with Gasteiger partial charge >= 0.3 is 0 Å². The molecule has 5 heteroatoms. The van der Waals surface area contributed by atoms with Gasteiger partial charge in [0.1, 0.15) is 15.5 Å². The van der Waals surface area contributed by atoms with Crippen LogP contribution in [0.4, 0.5) is 0 Å². The van der Waals surface area contributed by atoms with Crippen LogP contribution >= 0.6 is 23.8 Å². The molecule has 0 unspecified atom stereocenters. The number of benzene rings is 1. The van der Waals surface area contributed by atoms with Gasteiger partial charge in [0.25, 0.3) is 0 Å². The van der Waals surface area contributed by atoms with Crippen molar-refractivity contribution >= 4 is 23.8 Å². The van der Waals surface area contributed by atoms with Crippen molar-refractivity contribution in [3.8, 4) is 16.9 Å². The van der Waals surface area contributed by atoms with Crippen molar-refractivity contribution in [3.05, 3.63) is 40.1 Å². The minimum absolute atomic E-state index is 0.385. The molecule has 1 aliphatic carbocycles. The second kappa shape index (κ2) is 4.71. The summed E-state index contributed by atoms with van der Waals surface area (Å²) in [5, 5.41) is 6.98. The predicted molar refractivity (Wildman–Crippen MR) is 73.5 cm³/mol. The number of ether oxygens (including phenoxy) is 1. The fourth-order valence-corrected chi connectivity index (χ4v) is 2.08. The Kier molecular flexibility index (Phi) is 3.06. The molecule has 0 radical (unpaired) electrons. The van der Waals surface area contributed by atoms with Gasteiger partial charge in [0.05, 0.1) is 6.10 Å². The van der Waals surface area contributed by atoms with Crippen molar-refractivity contribution in [3.63, 3.8) is 0 Å². The van der Waals surface area contributed by atoms with Crippen LogP contribution in [0.1, 0.15) is 12.8 Å². The third-order valence-electron chi connectivity index (χ3n) is 2.74. The maximum Gasteiger partial charge on any atom is 0.150 e. The first kappa shape index (κ1) is 11.7. The first-order valence-corrected chi connectivity index (χ1v) is 6.53. The standard InChI is InChI=1S/C13H11ClN2OS/c14-12-7-11(13(18)16-15-12)8-2-1-3-10(6-8)17-9-4-5-9/h1-3,6-7,9H,4-5H2,(H,16,18). The molecule has 3 rings (SSSR count). The first-order valence-electron chi connectivity index (χ1n) is 5.75. The Hall–Kier alpha value is -1.39. The number of aromatic nitrogens is 2. The highest BCUT2D eigenvalue weighted by Crippen LogP contribution is 2.30. The number of rotatable bonds is 3. The third kappa shape index (κ3) is 2.54. The van der Waals surface area contributed by atoms with Crippen LogP contribution in [-0.4, -0.2) is 16.3 Å². The van der Waals surface area contributed by atoms with E-state index >= 15 is 0 Å². The van der Waals surface area contributed by atoms with Gasteiger partial charge in [-0.05, 0) is 36.6 Å². The zero-order valence-corrected chi connectivity index (χ0v) is 11.1. The van der Waals surface area contributed by atoms with Crippen molar-refractivity contribution in [1.82, 2.24) is 10.2 Å². The molecule has 18 heavy (non-hydrogen) atoms. The van der Waals surface area contributed by atoms with Gasteiger partial charge in [0, 0.05) is 5.56 Å². The summed E-state index contributed by atoms with van der Waals surface area (Å²) in [7, 11) is 0. The Labute approximate surface area is 115 Å². The number of nitrogens with zero attached hydrogens (tertiary/aromatic N) is 1. The van der Waals surface area contributed by atoms with E-state index < -0.39 is 0 Å². The van der Waals surface area contributed by atoms with Crippen LogP contribution in [0.25, 0.3) is 11.1 Å². The lowest BCUT2D eigenvalue weighted by Gasteiger charge is -2.07. The van der Waals surface area contributed by atoms with Crippen LogP contribution in [0, 0.1) is 4.64 Å². The summed E-state index contributed by atoms with van der Waals surface area (Å²) in [5.41, 5.74) is 1.85. The molecule has 1 aromatic heterocycles. The molecule has 0 aliphatic heterocycles. The van der Waals surface area contributed by atoms with Crippen LogP contribution < -0.4 is 4.74 Å². The van der Waals surface area contributed by atoms with E-state index in [1.165, 1.54) is 0 Å². The Morgan fingerprint density at radius 3 is 2.94 bits per heavy atom. The number of hydrogen-bond acceptors (Lipinski definition) is 3. The first-order chi connectivity index (χ1) is 8.72. The largest absolute Gasteiger partial charge is 0.490 e. The molecule has 92 valence electrons. The van der Waals surface area contributed by atoms with Gasteiger partial charge in [-0.3, -0.25) is 5.10 Å². The van der Waals surface area contributed by atoms with Gasteiger partial charge in [0.15, 0.2) is 0 Å². The number of H-pyrrole nitrogens is 1. The van der Waals surface area contributed by atoms with E-state index in [2.05, 4.69) is 10.2 Å². The predicted octanol–water partition coefficient (Wildman–Crippen LogP) is 4.00. The molecule has 2 aromatic rings. The maximum absolute atomic E-state index is 5.88. The van der Waals surface area contributed by atoms with Crippen LogP contribution in [-0.2, 0) is 0 Å². The molecule has 0 spiro atoms. The van der Waals surface area contributed by atoms with Crippen LogP contribution in [0.2, 0.25) is 5.15 Å². The number of hydrogen-bond donors (Lipinski definition) is 1. The maximum atomic E-state index is 5.88. The molecule has 1 saturated carbocycles. The molecule has 1 aromatic carbocycles. The van der Waals surface area contributed by atoms with Gasteiger partial charge in [-0.15, -0.1) is 0 Å².